The van der Waals surface area contributed by atoms with E-state index >= 15 is 0 Å². The lowest BCUT2D eigenvalue weighted by atomic mass is 10.1. The average Bonchev–Trinajstić information content (AvgIpc) is 2.29. The molecule has 0 atom stereocenters. The normalized spacial score (nSPS) is 17.5. The molecule has 1 aromatic rings. The highest BCUT2D eigenvalue weighted by Crippen LogP contribution is 2.18. The number of alkyl halides is 1. The number of piperidine rings is 1. The lowest BCUT2D eigenvalue weighted by Gasteiger charge is -2.29. The Kier molecular flexibility index (Phi) is 3.49. The largest absolute Gasteiger partial charge is 0.339 e. The molecule has 16 heavy (non-hydrogen) atoms. The van der Waals surface area contributed by atoms with E-state index < -0.39 is 0 Å². The van der Waals surface area contributed by atoms with E-state index in [0.717, 1.165) is 37.1 Å². The summed E-state index contributed by atoms with van der Waals surface area (Å²) in [6.07, 6.45) is 1.80. The van der Waals surface area contributed by atoms with Gasteiger partial charge in [0.15, 0.2) is 0 Å². The third-order valence-corrected chi connectivity index (χ3v) is 3.41. The van der Waals surface area contributed by atoms with Gasteiger partial charge in [0.25, 0.3) is 5.91 Å². The summed E-state index contributed by atoms with van der Waals surface area (Å²) in [5.74, 6) is 0.132. The second-order valence-electron chi connectivity index (χ2n) is 4.34. The number of amides is 1. The summed E-state index contributed by atoms with van der Waals surface area (Å²) in [4.78, 5) is 14.0. The molecule has 0 radical (unpaired) electrons. The van der Waals surface area contributed by atoms with Crippen LogP contribution in [0.3, 0.4) is 0 Å². The average molecular weight is 238 g/mol. The van der Waals surface area contributed by atoms with Crippen molar-refractivity contribution in [2.75, 3.05) is 13.1 Å². The summed E-state index contributed by atoms with van der Waals surface area (Å²) in [6, 6.07) is 7.75. The first-order valence-electron chi connectivity index (χ1n) is 5.67. The second kappa shape index (κ2) is 4.88. The molecule has 0 aliphatic carbocycles. The Bertz CT molecular complexity index is 383. The van der Waals surface area contributed by atoms with Gasteiger partial charge >= 0.3 is 0 Å². The molecule has 0 saturated carbocycles. The van der Waals surface area contributed by atoms with Gasteiger partial charge in [-0.1, -0.05) is 17.7 Å². The molecule has 1 saturated heterocycles. The van der Waals surface area contributed by atoms with Crippen LogP contribution >= 0.6 is 11.6 Å². The number of likely N-dealkylation sites (tertiary alicyclic amines) is 1. The third kappa shape index (κ3) is 2.56. The van der Waals surface area contributed by atoms with Crippen LogP contribution in [0.25, 0.3) is 0 Å². The highest BCUT2D eigenvalue weighted by Gasteiger charge is 2.22. The van der Waals surface area contributed by atoms with Gasteiger partial charge in [-0.15, -0.1) is 11.6 Å². The summed E-state index contributed by atoms with van der Waals surface area (Å²) in [5, 5.41) is 0.238. The fourth-order valence-electron chi connectivity index (χ4n) is 2.01. The maximum Gasteiger partial charge on any atom is 0.253 e. The molecule has 3 heteroatoms. The highest BCUT2D eigenvalue weighted by atomic mass is 35.5. The predicted molar refractivity (Wildman–Crippen MR) is 66.0 cm³/mol. The van der Waals surface area contributed by atoms with E-state index in [0.29, 0.717) is 0 Å². The van der Waals surface area contributed by atoms with E-state index in [1.165, 1.54) is 0 Å². The van der Waals surface area contributed by atoms with Crippen LogP contribution in [0.1, 0.15) is 28.8 Å². The van der Waals surface area contributed by atoms with Crippen LogP contribution in [-0.2, 0) is 0 Å². The number of carbonyl (C=O) groups excluding carboxylic acids is 1. The van der Waals surface area contributed by atoms with Gasteiger partial charge in [0.05, 0.1) is 0 Å². The zero-order chi connectivity index (χ0) is 11.5. The molecular formula is C13H16ClNO. The zero-order valence-corrected chi connectivity index (χ0v) is 10.2. The van der Waals surface area contributed by atoms with Gasteiger partial charge < -0.3 is 4.90 Å². The first-order valence-corrected chi connectivity index (χ1v) is 6.10. The van der Waals surface area contributed by atoms with Crippen LogP contribution in [0.4, 0.5) is 0 Å². The number of nitrogens with zero attached hydrogens (tertiary/aromatic N) is 1. The molecule has 2 rings (SSSR count). The maximum atomic E-state index is 12.1. The SMILES string of the molecule is Cc1cccc(C(=O)N2CCC(Cl)CC2)c1. The van der Waals surface area contributed by atoms with Gasteiger partial charge in [0.2, 0.25) is 0 Å². The van der Waals surface area contributed by atoms with Crippen molar-refractivity contribution in [1.82, 2.24) is 4.90 Å². The van der Waals surface area contributed by atoms with Crippen molar-refractivity contribution in [3.05, 3.63) is 35.4 Å². The van der Waals surface area contributed by atoms with Crippen molar-refractivity contribution < 1.29 is 4.79 Å². The molecule has 86 valence electrons. The molecule has 0 N–H and O–H groups in total. The topological polar surface area (TPSA) is 20.3 Å². The predicted octanol–water partition coefficient (Wildman–Crippen LogP) is 2.84. The Morgan fingerprint density at radius 2 is 2.06 bits per heavy atom. The third-order valence-electron chi connectivity index (χ3n) is 2.98. The van der Waals surface area contributed by atoms with Crippen LogP contribution in [0.5, 0.6) is 0 Å². The standard InChI is InChI=1S/C13H16ClNO/c1-10-3-2-4-11(9-10)13(16)15-7-5-12(14)6-8-15/h2-4,9,12H,5-8H2,1H3. The van der Waals surface area contributed by atoms with Crippen LogP contribution < -0.4 is 0 Å². The summed E-state index contributed by atoms with van der Waals surface area (Å²) in [7, 11) is 0. The Labute approximate surface area is 101 Å². The van der Waals surface area contributed by atoms with Crippen LogP contribution in [0, 0.1) is 6.92 Å². The Hall–Kier alpha value is -1.02. The Morgan fingerprint density at radius 3 is 2.69 bits per heavy atom. The van der Waals surface area contributed by atoms with E-state index in [4.69, 9.17) is 11.6 Å². The van der Waals surface area contributed by atoms with Crippen LogP contribution in [0.2, 0.25) is 0 Å². The van der Waals surface area contributed by atoms with E-state index in [9.17, 15) is 4.79 Å². The Balaban J connectivity index is 2.08. The first-order chi connectivity index (χ1) is 7.66. The van der Waals surface area contributed by atoms with Gasteiger partial charge in [-0.2, -0.15) is 0 Å². The molecule has 0 bridgehead atoms. The van der Waals surface area contributed by atoms with Gasteiger partial charge in [-0.25, -0.2) is 0 Å². The molecule has 1 fully saturated rings. The maximum absolute atomic E-state index is 12.1. The van der Waals surface area contributed by atoms with Crippen molar-refractivity contribution in [1.29, 1.82) is 0 Å². The van der Waals surface area contributed by atoms with Crippen molar-refractivity contribution in [3.8, 4) is 0 Å². The molecular weight excluding hydrogens is 222 g/mol. The summed E-state index contributed by atoms with van der Waals surface area (Å²) < 4.78 is 0. The quantitative estimate of drug-likeness (QED) is 0.688. The molecule has 0 aromatic heterocycles. The van der Waals surface area contributed by atoms with Crippen molar-refractivity contribution in [3.63, 3.8) is 0 Å². The highest BCUT2D eigenvalue weighted by molar-refractivity contribution is 6.20. The second-order valence-corrected chi connectivity index (χ2v) is 4.95. The molecule has 2 nitrogen and oxygen atoms in total. The zero-order valence-electron chi connectivity index (χ0n) is 9.45. The first kappa shape index (κ1) is 11.5. The minimum absolute atomic E-state index is 0.132. The number of halogens is 1. The van der Waals surface area contributed by atoms with E-state index in [-0.39, 0.29) is 11.3 Å². The number of hydrogen-bond acceptors (Lipinski definition) is 1. The molecule has 1 heterocycles. The van der Waals surface area contributed by atoms with Gasteiger partial charge in [-0.05, 0) is 31.9 Å². The van der Waals surface area contributed by atoms with E-state index in [1.54, 1.807) is 0 Å². The lowest BCUT2D eigenvalue weighted by molar-refractivity contribution is 0.0726. The van der Waals surface area contributed by atoms with Crippen LogP contribution in [-0.4, -0.2) is 29.3 Å². The molecule has 1 aliphatic rings. The smallest absolute Gasteiger partial charge is 0.253 e. The number of hydrogen-bond donors (Lipinski definition) is 0. The number of aryl methyl sites for hydroxylation is 1. The lowest BCUT2D eigenvalue weighted by Crippen LogP contribution is -2.38. The molecule has 0 spiro atoms. The van der Waals surface area contributed by atoms with Crippen molar-refractivity contribution in [2.45, 2.75) is 25.1 Å². The van der Waals surface area contributed by atoms with E-state index in [1.807, 2.05) is 36.1 Å². The number of benzene rings is 1. The van der Waals surface area contributed by atoms with Crippen molar-refractivity contribution >= 4 is 17.5 Å². The van der Waals surface area contributed by atoms with Gasteiger partial charge in [0, 0.05) is 24.0 Å². The summed E-state index contributed by atoms with van der Waals surface area (Å²) >= 11 is 6.02. The van der Waals surface area contributed by atoms with Crippen LogP contribution in [0.15, 0.2) is 24.3 Å². The van der Waals surface area contributed by atoms with Gasteiger partial charge in [0.1, 0.15) is 0 Å². The summed E-state index contributed by atoms with van der Waals surface area (Å²) in [6.45, 7) is 3.56. The fourth-order valence-corrected chi connectivity index (χ4v) is 2.21. The molecule has 1 aliphatic heterocycles. The summed E-state index contributed by atoms with van der Waals surface area (Å²) in [5.41, 5.74) is 1.91. The molecule has 1 aromatic carbocycles. The Morgan fingerprint density at radius 1 is 1.38 bits per heavy atom. The molecule has 0 unspecified atom stereocenters. The van der Waals surface area contributed by atoms with Crippen molar-refractivity contribution in [2.24, 2.45) is 0 Å². The fraction of sp³-hybridized carbons (Fsp3) is 0.462. The molecule has 1 amide bonds. The van der Waals surface area contributed by atoms with Gasteiger partial charge in [-0.3, -0.25) is 4.79 Å². The number of carbonyl (C=O) groups is 1. The minimum Gasteiger partial charge on any atom is -0.339 e. The van der Waals surface area contributed by atoms with E-state index in [2.05, 4.69) is 0 Å². The minimum atomic E-state index is 0.132. The number of rotatable bonds is 1. The monoisotopic (exact) mass is 237 g/mol.